The predicted octanol–water partition coefficient (Wildman–Crippen LogP) is 5.35. The fourth-order valence-electron chi connectivity index (χ4n) is 2.97. The van der Waals surface area contributed by atoms with Gasteiger partial charge < -0.3 is 0 Å². The molecule has 21 heavy (non-hydrogen) atoms. The molecule has 0 saturated carbocycles. The largest absolute Gasteiger partial charge is 0.293 e. The summed E-state index contributed by atoms with van der Waals surface area (Å²) in [4.78, 5) is 2.60. The van der Waals surface area contributed by atoms with E-state index in [9.17, 15) is 0 Å². The Labute approximate surface area is 142 Å². The molecule has 0 bridgehead atoms. The molecule has 0 spiro atoms. The van der Waals surface area contributed by atoms with Crippen molar-refractivity contribution >= 4 is 23.7 Å². The smallest absolute Gasteiger partial charge is 0.0442 e. The monoisotopic (exact) mass is 334 g/mol. The summed E-state index contributed by atoms with van der Waals surface area (Å²) in [6.07, 6.45) is 13.7. The highest BCUT2D eigenvalue weighted by Gasteiger charge is 2.29. The van der Waals surface area contributed by atoms with Gasteiger partial charge in [-0.05, 0) is 38.8 Å². The van der Waals surface area contributed by atoms with E-state index in [1.165, 1.54) is 51.5 Å². The highest BCUT2D eigenvalue weighted by molar-refractivity contribution is 7.98. The van der Waals surface area contributed by atoms with Crippen molar-refractivity contribution in [2.75, 3.05) is 32.0 Å². The Morgan fingerprint density at radius 1 is 0.857 bits per heavy atom. The minimum absolute atomic E-state index is 0.697. The highest BCUT2D eigenvalue weighted by atomic mass is 32.2. The molecule has 4 heteroatoms. The van der Waals surface area contributed by atoms with Gasteiger partial charge in [-0.3, -0.25) is 4.90 Å². The zero-order valence-electron chi connectivity index (χ0n) is 15.2. The van der Waals surface area contributed by atoms with Gasteiger partial charge in [0.1, 0.15) is 0 Å². The third-order valence-electron chi connectivity index (χ3n) is 4.10. The molecule has 0 amide bonds. The number of hydrogen-bond donors (Lipinski definition) is 0. The van der Waals surface area contributed by atoms with Crippen molar-refractivity contribution in [3.8, 4) is 0 Å². The fraction of sp³-hybridized carbons (Fsp3) is 1.00. The van der Waals surface area contributed by atoms with Gasteiger partial charge >= 0.3 is 0 Å². The van der Waals surface area contributed by atoms with Crippen LogP contribution in [0.1, 0.15) is 65.7 Å². The molecule has 2 atom stereocenters. The van der Waals surface area contributed by atoms with Crippen LogP contribution in [0.25, 0.3) is 0 Å². The molecule has 0 rings (SSSR count). The van der Waals surface area contributed by atoms with Crippen molar-refractivity contribution < 1.29 is 0 Å². The molecular formula is C17H38N2S2. The van der Waals surface area contributed by atoms with Crippen LogP contribution in [0.3, 0.4) is 0 Å². The Hall–Kier alpha value is 0.620. The van der Waals surface area contributed by atoms with E-state index in [4.69, 9.17) is 0 Å². The number of hydrogen-bond acceptors (Lipinski definition) is 4. The zero-order chi connectivity index (χ0) is 16.1. The molecule has 0 aromatic heterocycles. The lowest BCUT2D eigenvalue weighted by atomic mass is 9.96. The Kier molecular flexibility index (Phi) is 14.6. The first-order valence-corrected chi connectivity index (χ1v) is 11.2. The SMILES string of the molecule is CCCCC(C(CCCC)N(CCC)SC)N(C)CSC. The molecule has 0 aliphatic carbocycles. The maximum atomic E-state index is 2.66. The second-order valence-corrected chi connectivity index (χ2v) is 7.59. The number of likely N-dealkylation sites (N-methyl/N-ethyl adjacent to an activating group) is 1. The summed E-state index contributed by atoms with van der Waals surface area (Å²) in [5.74, 6) is 1.14. The summed E-state index contributed by atoms with van der Waals surface area (Å²) >= 11 is 3.90. The average molecular weight is 335 g/mol. The number of nitrogens with zero attached hydrogens (tertiary/aromatic N) is 2. The van der Waals surface area contributed by atoms with Gasteiger partial charge in [0.15, 0.2) is 0 Å². The standard InChI is InChI=1S/C17H38N2S2/c1-7-10-12-16(18(4)15-20-5)17(13-11-8-2)19(21-6)14-9-3/h16-17H,7-15H2,1-6H3. The number of thioether (sulfide) groups is 1. The van der Waals surface area contributed by atoms with Crippen molar-refractivity contribution in [3.63, 3.8) is 0 Å². The molecule has 2 unspecified atom stereocenters. The summed E-state index contributed by atoms with van der Waals surface area (Å²) in [5, 5.41) is 0. The topological polar surface area (TPSA) is 6.48 Å². The van der Waals surface area contributed by atoms with E-state index in [0.29, 0.717) is 12.1 Å². The van der Waals surface area contributed by atoms with Crippen LogP contribution in [0.5, 0.6) is 0 Å². The van der Waals surface area contributed by atoms with E-state index < -0.39 is 0 Å². The predicted molar refractivity (Wildman–Crippen MR) is 103 cm³/mol. The first-order valence-electron chi connectivity index (χ1n) is 8.65. The van der Waals surface area contributed by atoms with Crippen molar-refractivity contribution in [2.24, 2.45) is 0 Å². The molecule has 0 heterocycles. The molecular weight excluding hydrogens is 296 g/mol. The molecule has 0 aromatic carbocycles. The average Bonchev–Trinajstić information content (AvgIpc) is 2.48. The van der Waals surface area contributed by atoms with Crippen molar-refractivity contribution in [2.45, 2.75) is 77.8 Å². The first kappa shape index (κ1) is 21.6. The lowest BCUT2D eigenvalue weighted by molar-refractivity contribution is 0.151. The highest BCUT2D eigenvalue weighted by Crippen LogP contribution is 2.26. The molecule has 128 valence electrons. The van der Waals surface area contributed by atoms with Crippen LogP contribution in [0.2, 0.25) is 0 Å². The normalized spacial score (nSPS) is 14.9. The van der Waals surface area contributed by atoms with E-state index in [1.54, 1.807) is 0 Å². The minimum Gasteiger partial charge on any atom is -0.293 e. The van der Waals surface area contributed by atoms with Crippen molar-refractivity contribution in [1.29, 1.82) is 0 Å². The van der Waals surface area contributed by atoms with Gasteiger partial charge in [0, 0.05) is 24.5 Å². The molecule has 0 saturated heterocycles. The summed E-state index contributed by atoms with van der Waals surface area (Å²) in [7, 11) is 2.32. The fourth-order valence-corrected chi connectivity index (χ4v) is 4.45. The maximum absolute atomic E-state index is 2.66. The van der Waals surface area contributed by atoms with Gasteiger partial charge in [-0.25, -0.2) is 4.31 Å². The van der Waals surface area contributed by atoms with Crippen LogP contribution in [0.4, 0.5) is 0 Å². The van der Waals surface area contributed by atoms with Gasteiger partial charge in [-0.15, -0.1) is 11.8 Å². The van der Waals surface area contributed by atoms with E-state index in [0.717, 1.165) is 5.88 Å². The minimum atomic E-state index is 0.697. The molecule has 0 aromatic rings. The van der Waals surface area contributed by atoms with Crippen LogP contribution >= 0.6 is 23.7 Å². The molecule has 0 aliphatic rings. The second-order valence-electron chi connectivity index (χ2n) is 5.92. The summed E-state index contributed by atoms with van der Waals surface area (Å²) in [6.45, 7) is 8.13. The summed E-state index contributed by atoms with van der Waals surface area (Å²) in [5.41, 5.74) is 0. The van der Waals surface area contributed by atoms with E-state index >= 15 is 0 Å². The molecule has 0 N–H and O–H groups in total. The maximum Gasteiger partial charge on any atom is 0.0442 e. The summed E-state index contributed by atoms with van der Waals surface area (Å²) in [6, 6.07) is 1.39. The molecule has 0 radical (unpaired) electrons. The van der Waals surface area contributed by atoms with E-state index in [2.05, 4.69) is 49.5 Å². The lowest BCUT2D eigenvalue weighted by Crippen LogP contribution is -2.48. The van der Waals surface area contributed by atoms with Gasteiger partial charge in [-0.2, -0.15) is 0 Å². The third kappa shape index (κ3) is 8.73. The van der Waals surface area contributed by atoms with Gasteiger partial charge in [0.05, 0.1) is 0 Å². The van der Waals surface area contributed by atoms with Gasteiger partial charge in [0.2, 0.25) is 0 Å². The Balaban J connectivity index is 5.01. The van der Waals surface area contributed by atoms with Gasteiger partial charge in [-0.1, -0.05) is 58.4 Å². The molecule has 0 fully saturated rings. The van der Waals surface area contributed by atoms with E-state index in [1.807, 2.05) is 23.7 Å². The number of unbranched alkanes of at least 4 members (excludes halogenated alkanes) is 2. The van der Waals surface area contributed by atoms with Crippen LogP contribution in [-0.4, -0.2) is 53.3 Å². The first-order chi connectivity index (χ1) is 10.2. The van der Waals surface area contributed by atoms with Gasteiger partial charge in [0.25, 0.3) is 0 Å². The van der Waals surface area contributed by atoms with E-state index in [-0.39, 0.29) is 0 Å². The van der Waals surface area contributed by atoms with Crippen LogP contribution in [0.15, 0.2) is 0 Å². The van der Waals surface area contributed by atoms with Crippen molar-refractivity contribution in [3.05, 3.63) is 0 Å². The lowest BCUT2D eigenvalue weighted by Gasteiger charge is -2.40. The third-order valence-corrected chi connectivity index (χ3v) is 5.69. The molecule has 0 aliphatic heterocycles. The Bertz CT molecular complexity index is 227. The van der Waals surface area contributed by atoms with Crippen LogP contribution in [0, 0.1) is 0 Å². The quantitative estimate of drug-likeness (QED) is 0.312. The van der Waals surface area contributed by atoms with Crippen LogP contribution in [-0.2, 0) is 0 Å². The Morgan fingerprint density at radius 2 is 1.43 bits per heavy atom. The number of rotatable bonds is 14. The molecule has 2 nitrogen and oxygen atoms in total. The second kappa shape index (κ2) is 14.2. The summed E-state index contributed by atoms with van der Waals surface area (Å²) < 4.78 is 2.66. The van der Waals surface area contributed by atoms with Crippen molar-refractivity contribution in [1.82, 2.24) is 9.21 Å². The zero-order valence-corrected chi connectivity index (χ0v) is 16.9. The Morgan fingerprint density at radius 3 is 1.86 bits per heavy atom. The van der Waals surface area contributed by atoms with Crippen LogP contribution < -0.4 is 0 Å².